The van der Waals surface area contributed by atoms with E-state index in [0.717, 1.165) is 38.4 Å². The van der Waals surface area contributed by atoms with Crippen LogP contribution >= 0.6 is 0 Å². The molecule has 0 aromatic carbocycles. The van der Waals surface area contributed by atoms with Crippen LogP contribution < -0.4 is 0 Å². The molecule has 0 aromatic rings. The highest BCUT2D eigenvalue weighted by atomic mass is 19.4. The second-order valence-corrected chi connectivity index (χ2v) is 10.5. The second kappa shape index (κ2) is 14.3. The van der Waals surface area contributed by atoms with E-state index in [1.807, 2.05) is 0 Å². The number of hydrogen-bond acceptors (Lipinski definition) is 5. The zero-order valence-electron chi connectivity index (χ0n) is 22.1. The molecule has 38 heavy (non-hydrogen) atoms. The van der Waals surface area contributed by atoms with Crippen molar-refractivity contribution in [3.63, 3.8) is 0 Å². The van der Waals surface area contributed by atoms with E-state index in [1.54, 1.807) is 0 Å². The Morgan fingerprint density at radius 2 is 1.29 bits per heavy atom. The van der Waals surface area contributed by atoms with E-state index in [2.05, 4.69) is 35.7 Å². The predicted octanol–water partition coefficient (Wildman–Crippen LogP) is 4.10. The Bertz CT molecular complexity index is 750. The van der Waals surface area contributed by atoms with Gasteiger partial charge in [0.25, 0.3) is 0 Å². The molecule has 2 aliphatic heterocycles. The highest BCUT2D eigenvalue weighted by Gasteiger charge is 2.44. The van der Waals surface area contributed by atoms with Crippen molar-refractivity contribution in [1.29, 1.82) is 0 Å². The van der Waals surface area contributed by atoms with Crippen LogP contribution in [-0.4, -0.2) is 107 Å². The number of carboxylic acids is 2. The molecule has 222 valence electrons. The Labute approximate surface area is 218 Å². The molecule has 1 spiro atoms. The number of hydrogen-bond donors (Lipinski definition) is 2. The van der Waals surface area contributed by atoms with Crippen molar-refractivity contribution in [2.24, 2.45) is 11.8 Å². The fourth-order valence-electron chi connectivity index (χ4n) is 5.14. The molecule has 0 atom stereocenters. The van der Waals surface area contributed by atoms with Gasteiger partial charge in [-0.15, -0.1) is 0 Å². The Morgan fingerprint density at radius 1 is 0.842 bits per heavy atom. The first-order valence-electron chi connectivity index (χ1n) is 12.7. The van der Waals surface area contributed by atoms with Crippen molar-refractivity contribution in [3.05, 3.63) is 0 Å². The monoisotopic (exact) mass is 563 g/mol. The summed E-state index contributed by atoms with van der Waals surface area (Å²) in [6.07, 6.45) is -0.387. The third-order valence-corrected chi connectivity index (χ3v) is 7.41. The van der Waals surface area contributed by atoms with Gasteiger partial charge in [-0.2, -0.15) is 26.3 Å². The molecular weight excluding hydrogens is 524 g/mol. The smallest absolute Gasteiger partial charge is 0.475 e. The number of nitrogens with zero attached hydrogens (tertiary/aromatic N) is 3. The van der Waals surface area contributed by atoms with Gasteiger partial charge in [0, 0.05) is 37.6 Å². The summed E-state index contributed by atoms with van der Waals surface area (Å²) < 4.78 is 63.5. The molecule has 3 fully saturated rings. The summed E-state index contributed by atoms with van der Waals surface area (Å²) in [7, 11) is 4.32. The zero-order valence-corrected chi connectivity index (χ0v) is 22.1. The van der Waals surface area contributed by atoms with Crippen molar-refractivity contribution in [1.82, 2.24) is 14.7 Å². The summed E-state index contributed by atoms with van der Waals surface area (Å²) in [5.74, 6) is -3.90. The maximum absolute atomic E-state index is 12.9. The molecule has 0 unspecified atom stereocenters. The lowest BCUT2D eigenvalue weighted by Crippen LogP contribution is -2.55. The van der Waals surface area contributed by atoms with E-state index in [9.17, 15) is 31.1 Å². The topological polar surface area (TPSA) is 101 Å². The minimum atomic E-state index is -5.08. The quantitative estimate of drug-likeness (QED) is 0.497. The molecule has 1 amide bonds. The lowest BCUT2D eigenvalue weighted by molar-refractivity contribution is -0.193. The SMILES string of the molecule is CC1CCC(C(=O)N2CCC3(CCCN3CCN(C)C)CC2)CC1.O=C(O)C(F)(F)F.O=C(O)C(F)(F)F. The summed E-state index contributed by atoms with van der Waals surface area (Å²) in [6, 6.07) is 0. The largest absolute Gasteiger partial charge is 0.490 e. The summed E-state index contributed by atoms with van der Waals surface area (Å²) in [6.45, 7) is 7.88. The summed E-state index contributed by atoms with van der Waals surface area (Å²) in [5, 5.41) is 14.2. The number of carbonyl (C=O) groups excluding carboxylic acids is 1. The van der Waals surface area contributed by atoms with Gasteiger partial charge in [-0.25, -0.2) is 9.59 Å². The molecule has 0 aromatic heterocycles. The van der Waals surface area contributed by atoms with Gasteiger partial charge in [-0.05, 0) is 77.9 Å². The lowest BCUT2D eigenvalue weighted by atomic mass is 9.81. The molecule has 0 radical (unpaired) electrons. The molecule has 1 saturated carbocycles. The van der Waals surface area contributed by atoms with E-state index in [4.69, 9.17) is 19.8 Å². The first kappa shape index (κ1) is 33.9. The van der Waals surface area contributed by atoms with E-state index < -0.39 is 24.3 Å². The Balaban J connectivity index is 0.000000426. The number of alkyl halides is 6. The van der Waals surface area contributed by atoms with Crippen LogP contribution in [0.25, 0.3) is 0 Å². The number of aliphatic carboxylic acids is 2. The Morgan fingerprint density at radius 3 is 1.68 bits per heavy atom. The Hall–Kier alpha value is -2.09. The predicted molar refractivity (Wildman–Crippen MR) is 126 cm³/mol. The highest BCUT2D eigenvalue weighted by Crippen LogP contribution is 2.39. The molecule has 3 aliphatic rings. The lowest BCUT2D eigenvalue weighted by Gasteiger charge is -2.46. The molecule has 0 bridgehead atoms. The maximum Gasteiger partial charge on any atom is 0.490 e. The third kappa shape index (κ3) is 11.0. The average molecular weight is 564 g/mol. The number of carbonyl (C=O) groups is 3. The van der Waals surface area contributed by atoms with Gasteiger partial charge < -0.3 is 20.0 Å². The normalized spacial score (nSPS) is 23.8. The van der Waals surface area contributed by atoms with Crippen molar-refractivity contribution < 1.29 is 50.9 Å². The number of carboxylic acid groups (broad SMARTS) is 2. The van der Waals surface area contributed by atoms with Crippen LogP contribution in [0.5, 0.6) is 0 Å². The van der Waals surface area contributed by atoms with Crippen LogP contribution in [0.1, 0.15) is 58.3 Å². The zero-order chi connectivity index (χ0) is 29.3. The van der Waals surface area contributed by atoms with Gasteiger partial charge >= 0.3 is 24.3 Å². The van der Waals surface area contributed by atoms with E-state index in [-0.39, 0.29) is 0 Å². The number of halogens is 6. The summed E-state index contributed by atoms with van der Waals surface area (Å²) in [5.41, 5.74) is 0.397. The fraction of sp³-hybridized carbons (Fsp3) is 0.875. The first-order valence-corrected chi connectivity index (χ1v) is 12.7. The molecule has 2 heterocycles. The van der Waals surface area contributed by atoms with E-state index in [0.29, 0.717) is 17.4 Å². The Kier molecular flexibility index (Phi) is 12.8. The molecule has 8 nitrogen and oxygen atoms in total. The minimum Gasteiger partial charge on any atom is -0.475 e. The fourth-order valence-corrected chi connectivity index (χ4v) is 5.14. The van der Waals surface area contributed by atoms with Crippen molar-refractivity contribution in [2.75, 3.05) is 46.8 Å². The van der Waals surface area contributed by atoms with Gasteiger partial charge in [-0.1, -0.05) is 6.92 Å². The van der Waals surface area contributed by atoms with Gasteiger partial charge in [0.05, 0.1) is 0 Å². The first-order chi connectivity index (χ1) is 17.4. The van der Waals surface area contributed by atoms with Gasteiger partial charge in [0.1, 0.15) is 0 Å². The van der Waals surface area contributed by atoms with Crippen LogP contribution in [0.15, 0.2) is 0 Å². The van der Waals surface area contributed by atoms with Crippen LogP contribution in [0.3, 0.4) is 0 Å². The van der Waals surface area contributed by atoms with Crippen LogP contribution in [-0.2, 0) is 14.4 Å². The molecule has 2 saturated heterocycles. The molecular formula is C24H39F6N3O5. The number of rotatable bonds is 4. The summed E-state index contributed by atoms with van der Waals surface area (Å²) >= 11 is 0. The van der Waals surface area contributed by atoms with Crippen LogP contribution in [0, 0.1) is 11.8 Å². The van der Waals surface area contributed by atoms with Gasteiger partial charge in [0.15, 0.2) is 0 Å². The van der Waals surface area contributed by atoms with Gasteiger partial charge in [0.2, 0.25) is 5.91 Å². The van der Waals surface area contributed by atoms with Crippen molar-refractivity contribution in [3.8, 4) is 0 Å². The van der Waals surface area contributed by atoms with Crippen LogP contribution in [0.4, 0.5) is 26.3 Å². The average Bonchev–Trinajstić information content (AvgIpc) is 3.19. The number of likely N-dealkylation sites (N-methyl/N-ethyl adjacent to an activating group) is 1. The summed E-state index contributed by atoms with van der Waals surface area (Å²) in [4.78, 5) is 37.9. The molecule has 3 rings (SSSR count). The van der Waals surface area contributed by atoms with E-state index >= 15 is 0 Å². The number of piperidine rings is 1. The standard InChI is InChI=1S/C20H37N3O.2C2HF3O2/c1-17-5-7-18(8-6-17)19(24)22-13-10-20(11-14-22)9-4-12-23(20)16-15-21(2)3;2*3-2(4,5)1(6)7/h17-18H,4-16H2,1-3H3;2*(H,6,7). The highest BCUT2D eigenvalue weighted by molar-refractivity contribution is 5.79. The second-order valence-electron chi connectivity index (χ2n) is 10.5. The molecule has 2 N–H and O–H groups in total. The minimum absolute atomic E-state index is 0.323. The molecule has 14 heteroatoms. The maximum atomic E-state index is 12.9. The van der Waals surface area contributed by atoms with Crippen LogP contribution in [0.2, 0.25) is 0 Å². The van der Waals surface area contributed by atoms with E-state index in [1.165, 1.54) is 51.6 Å². The third-order valence-electron chi connectivity index (χ3n) is 7.41. The van der Waals surface area contributed by atoms with Crippen molar-refractivity contribution in [2.45, 2.75) is 76.2 Å². The molecule has 1 aliphatic carbocycles. The van der Waals surface area contributed by atoms with Crippen molar-refractivity contribution >= 4 is 17.8 Å². The van der Waals surface area contributed by atoms with Gasteiger partial charge in [-0.3, -0.25) is 9.69 Å². The number of likely N-dealkylation sites (tertiary alicyclic amines) is 2. The number of amides is 1.